The fourth-order valence-corrected chi connectivity index (χ4v) is 0.901. The number of hydrogen-bond donors (Lipinski definition) is 1. The summed E-state index contributed by atoms with van der Waals surface area (Å²) in [6, 6.07) is 6.81. The maximum Gasteiger partial charge on any atom is 0.127 e. The minimum Gasteiger partial charge on any atom is -1.00 e. The second kappa shape index (κ2) is 5.98. The quantitative estimate of drug-likeness (QED) is 0.638. The highest BCUT2D eigenvalue weighted by atomic mass is 35.5. The van der Waals surface area contributed by atoms with Crippen LogP contribution < -0.4 is 17.7 Å². The third-order valence-electron chi connectivity index (χ3n) is 1.52. The molecule has 0 aliphatic rings. The molecular formula is C9H12ClFN-. The van der Waals surface area contributed by atoms with Gasteiger partial charge >= 0.3 is 0 Å². The molecule has 0 saturated heterocycles. The maximum absolute atomic E-state index is 12.9. The molecule has 0 aliphatic heterocycles. The lowest BCUT2D eigenvalue weighted by molar-refractivity contribution is -0.00000295. The van der Waals surface area contributed by atoms with Crippen molar-refractivity contribution in [2.45, 2.75) is 13.5 Å². The molecule has 3 heteroatoms. The Morgan fingerprint density at radius 2 is 2.00 bits per heavy atom. The second-order valence-electron chi connectivity index (χ2n) is 2.37. The van der Waals surface area contributed by atoms with Gasteiger partial charge in [-0.1, -0.05) is 25.1 Å². The summed E-state index contributed by atoms with van der Waals surface area (Å²) in [5, 5.41) is 3.07. The molecule has 1 rings (SSSR count). The largest absolute Gasteiger partial charge is 1.00 e. The molecule has 1 nitrogen and oxygen atoms in total. The summed E-state index contributed by atoms with van der Waals surface area (Å²) < 4.78 is 12.9. The van der Waals surface area contributed by atoms with Gasteiger partial charge in [-0.15, -0.1) is 0 Å². The molecule has 0 fully saturated rings. The molecule has 0 atom stereocenters. The standard InChI is InChI=1S/C9H12FN.ClH/c1-2-11-7-8-5-3-4-6-9(8)10;/h3-6,11H,2,7H2,1H3;1H/p-1. The minimum absolute atomic E-state index is 0. The predicted molar refractivity (Wildman–Crippen MR) is 43.8 cm³/mol. The van der Waals surface area contributed by atoms with Gasteiger partial charge in [0.25, 0.3) is 0 Å². The first-order chi connectivity index (χ1) is 5.34. The number of benzene rings is 1. The molecule has 0 aromatic heterocycles. The summed E-state index contributed by atoms with van der Waals surface area (Å²) in [4.78, 5) is 0. The molecule has 1 N–H and O–H groups in total. The van der Waals surface area contributed by atoms with Gasteiger partial charge in [0.2, 0.25) is 0 Å². The molecule has 0 aliphatic carbocycles. The Morgan fingerprint density at radius 1 is 1.33 bits per heavy atom. The smallest absolute Gasteiger partial charge is 0.127 e. The lowest BCUT2D eigenvalue weighted by Gasteiger charge is -2.01. The summed E-state index contributed by atoms with van der Waals surface area (Å²) >= 11 is 0. The Kier molecular flexibility index (Phi) is 5.68. The highest BCUT2D eigenvalue weighted by molar-refractivity contribution is 5.16. The van der Waals surface area contributed by atoms with E-state index in [0.717, 1.165) is 12.1 Å². The van der Waals surface area contributed by atoms with Gasteiger partial charge < -0.3 is 17.7 Å². The van der Waals surface area contributed by atoms with E-state index in [9.17, 15) is 4.39 Å². The van der Waals surface area contributed by atoms with Crippen molar-refractivity contribution in [1.29, 1.82) is 0 Å². The number of hydrogen-bond acceptors (Lipinski definition) is 1. The first kappa shape index (κ1) is 11.4. The van der Waals surface area contributed by atoms with Crippen LogP contribution in [0.4, 0.5) is 4.39 Å². The Labute approximate surface area is 78.4 Å². The fourth-order valence-electron chi connectivity index (χ4n) is 0.901. The van der Waals surface area contributed by atoms with Gasteiger partial charge in [-0.3, -0.25) is 0 Å². The number of nitrogens with one attached hydrogen (secondary N) is 1. The third-order valence-corrected chi connectivity index (χ3v) is 1.52. The van der Waals surface area contributed by atoms with E-state index in [1.165, 1.54) is 6.07 Å². The van der Waals surface area contributed by atoms with E-state index in [0.29, 0.717) is 6.54 Å². The molecular weight excluding hydrogens is 177 g/mol. The third kappa shape index (κ3) is 3.20. The van der Waals surface area contributed by atoms with E-state index >= 15 is 0 Å². The van der Waals surface area contributed by atoms with Crippen LogP contribution in [0, 0.1) is 5.82 Å². The molecule has 0 unspecified atom stereocenters. The summed E-state index contributed by atoms with van der Waals surface area (Å²) in [5.41, 5.74) is 0.731. The van der Waals surface area contributed by atoms with E-state index in [2.05, 4.69) is 5.32 Å². The molecule has 0 amide bonds. The van der Waals surface area contributed by atoms with Gasteiger partial charge in [-0.25, -0.2) is 4.39 Å². The number of halogens is 2. The lowest BCUT2D eigenvalue weighted by Crippen LogP contribution is -3.00. The van der Waals surface area contributed by atoms with Crippen LogP contribution >= 0.6 is 0 Å². The van der Waals surface area contributed by atoms with Crippen LogP contribution in [-0.4, -0.2) is 6.54 Å². The molecule has 0 heterocycles. The van der Waals surface area contributed by atoms with Crippen LogP contribution in [0.25, 0.3) is 0 Å². The molecule has 1 aromatic rings. The van der Waals surface area contributed by atoms with Crippen molar-refractivity contribution >= 4 is 0 Å². The van der Waals surface area contributed by atoms with Crippen molar-refractivity contribution in [1.82, 2.24) is 5.32 Å². The first-order valence-corrected chi connectivity index (χ1v) is 3.78. The van der Waals surface area contributed by atoms with E-state index in [1.807, 2.05) is 13.0 Å². The zero-order valence-corrected chi connectivity index (χ0v) is 7.74. The maximum atomic E-state index is 12.9. The second-order valence-corrected chi connectivity index (χ2v) is 2.37. The topological polar surface area (TPSA) is 12.0 Å². The summed E-state index contributed by atoms with van der Waals surface area (Å²) in [6.45, 7) is 3.48. The highest BCUT2D eigenvalue weighted by Crippen LogP contribution is 2.04. The van der Waals surface area contributed by atoms with Gasteiger partial charge in [-0.2, -0.15) is 0 Å². The van der Waals surface area contributed by atoms with Gasteiger partial charge in [0.15, 0.2) is 0 Å². The molecule has 0 bridgehead atoms. The van der Waals surface area contributed by atoms with Crippen molar-refractivity contribution in [3.05, 3.63) is 35.6 Å². The van der Waals surface area contributed by atoms with Crippen LogP contribution in [0.2, 0.25) is 0 Å². The van der Waals surface area contributed by atoms with Crippen molar-refractivity contribution in [3.63, 3.8) is 0 Å². The van der Waals surface area contributed by atoms with Crippen molar-refractivity contribution < 1.29 is 16.8 Å². The van der Waals surface area contributed by atoms with Gasteiger partial charge in [0, 0.05) is 12.1 Å². The molecule has 0 saturated carbocycles. The Hall–Kier alpha value is -0.600. The zero-order chi connectivity index (χ0) is 8.10. The normalized spacial score (nSPS) is 9.17. The monoisotopic (exact) mass is 188 g/mol. The number of rotatable bonds is 3. The average molecular weight is 189 g/mol. The van der Waals surface area contributed by atoms with E-state index in [1.54, 1.807) is 12.1 Å². The first-order valence-electron chi connectivity index (χ1n) is 3.78. The molecule has 1 aromatic carbocycles. The fraction of sp³-hybridized carbons (Fsp3) is 0.333. The van der Waals surface area contributed by atoms with Crippen molar-refractivity contribution in [3.8, 4) is 0 Å². The Balaban J connectivity index is 0.00000121. The van der Waals surface area contributed by atoms with Crippen LogP contribution in [0.1, 0.15) is 12.5 Å². The summed E-state index contributed by atoms with van der Waals surface area (Å²) in [5.74, 6) is -0.131. The minimum atomic E-state index is -0.131. The SMILES string of the molecule is CCNCc1ccccc1F.[Cl-]. The van der Waals surface area contributed by atoms with E-state index in [-0.39, 0.29) is 18.2 Å². The summed E-state index contributed by atoms with van der Waals surface area (Å²) in [6.07, 6.45) is 0. The average Bonchev–Trinajstić information content (AvgIpc) is 2.03. The van der Waals surface area contributed by atoms with Crippen LogP contribution in [-0.2, 0) is 6.54 Å². The Bertz CT molecular complexity index is 228. The van der Waals surface area contributed by atoms with Crippen LogP contribution in [0.15, 0.2) is 24.3 Å². The van der Waals surface area contributed by atoms with Crippen molar-refractivity contribution in [2.75, 3.05) is 6.54 Å². The highest BCUT2D eigenvalue weighted by Gasteiger charge is 1.97. The molecule has 0 spiro atoms. The van der Waals surface area contributed by atoms with E-state index in [4.69, 9.17) is 0 Å². The van der Waals surface area contributed by atoms with Crippen LogP contribution in [0.5, 0.6) is 0 Å². The van der Waals surface area contributed by atoms with Gasteiger partial charge in [-0.05, 0) is 12.6 Å². The van der Waals surface area contributed by atoms with E-state index < -0.39 is 0 Å². The molecule has 68 valence electrons. The predicted octanol–water partition coefficient (Wildman–Crippen LogP) is -1.06. The van der Waals surface area contributed by atoms with Gasteiger partial charge in [0.1, 0.15) is 5.82 Å². The van der Waals surface area contributed by atoms with Crippen LogP contribution in [0.3, 0.4) is 0 Å². The lowest BCUT2D eigenvalue weighted by atomic mass is 10.2. The zero-order valence-electron chi connectivity index (χ0n) is 6.98. The van der Waals surface area contributed by atoms with Gasteiger partial charge in [0.05, 0.1) is 0 Å². The van der Waals surface area contributed by atoms with Crippen molar-refractivity contribution in [2.24, 2.45) is 0 Å². The molecule has 12 heavy (non-hydrogen) atoms. The summed E-state index contributed by atoms with van der Waals surface area (Å²) in [7, 11) is 0. The Morgan fingerprint density at radius 3 is 2.58 bits per heavy atom. The molecule has 0 radical (unpaired) electrons.